The Morgan fingerprint density at radius 1 is 1.33 bits per heavy atom. The van der Waals surface area contributed by atoms with Crippen LogP contribution in [0.25, 0.3) is 6.08 Å². The van der Waals surface area contributed by atoms with Crippen molar-refractivity contribution >= 4 is 35.2 Å². The number of aromatic hydroxyl groups is 1. The molecule has 2 amide bonds. The van der Waals surface area contributed by atoms with Crippen molar-refractivity contribution in [1.29, 1.82) is 0 Å². The molecule has 1 saturated heterocycles. The first-order chi connectivity index (χ1) is 11.4. The summed E-state index contributed by atoms with van der Waals surface area (Å²) in [5.41, 5.74) is 0.00684. The van der Waals surface area contributed by atoms with Gasteiger partial charge in [-0.25, -0.2) is 0 Å². The quantitative estimate of drug-likeness (QED) is 0.360. The van der Waals surface area contributed by atoms with Gasteiger partial charge in [-0.2, -0.15) is 0 Å². The van der Waals surface area contributed by atoms with E-state index in [1.807, 2.05) is 0 Å². The van der Waals surface area contributed by atoms with Gasteiger partial charge in [0.25, 0.3) is 11.8 Å². The summed E-state index contributed by atoms with van der Waals surface area (Å²) in [4.78, 5) is 25.8. The molecular weight excluding hydrogens is 332 g/mol. The molecule has 126 valence electrons. The van der Waals surface area contributed by atoms with Crippen LogP contribution in [0.5, 0.6) is 17.2 Å². The predicted octanol–water partition coefficient (Wildman–Crippen LogP) is 1.22. The second-order valence-electron chi connectivity index (χ2n) is 4.78. The van der Waals surface area contributed by atoms with E-state index in [1.54, 1.807) is 0 Å². The summed E-state index contributed by atoms with van der Waals surface area (Å²) in [7, 11) is 2.84. The van der Waals surface area contributed by atoms with Crippen molar-refractivity contribution in [3.05, 3.63) is 35.9 Å². The number of hydrogen-bond acceptors (Lipinski definition) is 6. The molecule has 0 radical (unpaired) electrons. The van der Waals surface area contributed by atoms with Gasteiger partial charge in [0.2, 0.25) is 0 Å². The Morgan fingerprint density at radius 2 is 2.04 bits per heavy atom. The highest BCUT2D eigenvalue weighted by Gasteiger charge is 2.33. The Morgan fingerprint density at radius 3 is 2.62 bits per heavy atom. The summed E-state index contributed by atoms with van der Waals surface area (Å²) < 4.78 is 10.2. The molecule has 7 nitrogen and oxygen atoms in total. The minimum absolute atomic E-state index is 0.00738. The summed E-state index contributed by atoms with van der Waals surface area (Å²) in [6.45, 7) is 3.71. The first kappa shape index (κ1) is 17.5. The van der Waals surface area contributed by atoms with Gasteiger partial charge in [0.05, 0.1) is 19.8 Å². The van der Waals surface area contributed by atoms with E-state index >= 15 is 0 Å². The van der Waals surface area contributed by atoms with Gasteiger partial charge in [-0.15, -0.1) is 6.58 Å². The molecule has 0 aliphatic carbocycles. The van der Waals surface area contributed by atoms with Crippen LogP contribution in [0, 0.1) is 0 Å². The number of methoxy groups -OCH3 is 2. The molecule has 8 heteroatoms. The van der Waals surface area contributed by atoms with Gasteiger partial charge in [-0.1, -0.05) is 6.08 Å². The molecule has 1 aromatic rings. The Bertz CT molecular complexity index is 757. The number of nitrogens with zero attached hydrogens (tertiary/aromatic N) is 1. The molecule has 24 heavy (non-hydrogen) atoms. The first-order valence-electron chi connectivity index (χ1n) is 6.87. The second kappa shape index (κ2) is 7.14. The molecule has 0 saturated carbocycles. The van der Waals surface area contributed by atoms with Crippen LogP contribution in [0.4, 0.5) is 0 Å². The van der Waals surface area contributed by atoms with E-state index < -0.39 is 11.8 Å². The molecular formula is C16H16N2O5S. The molecule has 1 fully saturated rings. The molecule has 0 atom stereocenters. The number of carbonyl (C=O) groups is 2. The Kier molecular flexibility index (Phi) is 5.20. The van der Waals surface area contributed by atoms with Gasteiger partial charge in [0, 0.05) is 18.7 Å². The van der Waals surface area contributed by atoms with Gasteiger partial charge < -0.3 is 14.6 Å². The van der Waals surface area contributed by atoms with Crippen LogP contribution < -0.4 is 14.8 Å². The van der Waals surface area contributed by atoms with E-state index in [1.165, 1.54) is 43.4 Å². The molecule has 2 rings (SSSR count). The molecule has 0 aromatic heterocycles. The van der Waals surface area contributed by atoms with Gasteiger partial charge >= 0.3 is 0 Å². The maximum Gasteiger partial charge on any atom is 0.265 e. The molecule has 1 aliphatic heterocycles. The largest absolute Gasteiger partial charge is 0.507 e. The Hall–Kier alpha value is -2.87. The summed E-state index contributed by atoms with van der Waals surface area (Å²) in [6, 6.07) is 2.88. The lowest BCUT2D eigenvalue weighted by molar-refractivity contribution is -0.128. The van der Waals surface area contributed by atoms with Crippen molar-refractivity contribution in [2.75, 3.05) is 20.8 Å². The number of rotatable bonds is 5. The molecule has 0 spiro atoms. The van der Waals surface area contributed by atoms with Gasteiger partial charge in [-0.05, 0) is 18.3 Å². The van der Waals surface area contributed by atoms with Crippen molar-refractivity contribution in [2.45, 2.75) is 0 Å². The highest BCUT2D eigenvalue weighted by atomic mass is 32.1. The number of carbonyl (C=O) groups excluding carboxylic acids is 2. The smallest absolute Gasteiger partial charge is 0.265 e. The summed E-state index contributed by atoms with van der Waals surface area (Å²) >= 11 is 4.98. The molecule has 2 N–H and O–H groups in total. The molecule has 0 unspecified atom stereocenters. The fourth-order valence-corrected chi connectivity index (χ4v) is 2.40. The van der Waals surface area contributed by atoms with Crippen molar-refractivity contribution < 1.29 is 24.2 Å². The molecule has 1 aliphatic rings. The van der Waals surface area contributed by atoms with Crippen LogP contribution in [0.15, 0.2) is 30.4 Å². The fourth-order valence-electron chi connectivity index (χ4n) is 2.15. The van der Waals surface area contributed by atoms with E-state index in [9.17, 15) is 14.7 Å². The van der Waals surface area contributed by atoms with E-state index in [-0.39, 0.29) is 34.3 Å². The zero-order valence-corrected chi connectivity index (χ0v) is 14.0. The fraction of sp³-hybridized carbons (Fsp3) is 0.188. The Balaban J connectivity index is 2.53. The SMILES string of the molecule is C=CCN1C(=O)C(=Cc2c(O)cc(OC)cc2OC)C(=O)NC1=S. The monoisotopic (exact) mass is 348 g/mol. The first-order valence-corrected chi connectivity index (χ1v) is 7.28. The maximum atomic E-state index is 12.5. The zero-order chi connectivity index (χ0) is 17.9. The predicted molar refractivity (Wildman–Crippen MR) is 91.8 cm³/mol. The van der Waals surface area contributed by atoms with E-state index in [4.69, 9.17) is 21.7 Å². The minimum Gasteiger partial charge on any atom is -0.507 e. The van der Waals surface area contributed by atoms with Gasteiger partial charge in [0.1, 0.15) is 22.8 Å². The number of amides is 2. The number of thiocarbonyl (C=S) groups is 1. The van der Waals surface area contributed by atoms with Crippen LogP contribution in [0.3, 0.4) is 0 Å². The van der Waals surface area contributed by atoms with E-state index in [0.29, 0.717) is 5.75 Å². The second-order valence-corrected chi connectivity index (χ2v) is 5.17. The number of benzene rings is 1. The number of phenols is 1. The average Bonchev–Trinajstić information content (AvgIpc) is 2.55. The number of nitrogens with one attached hydrogen (secondary N) is 1. The standard InChI is InChI=1S/C16H16N2O5S/c1-4-5-18-15(21)11(14(20)17-16(18)24)8-10-12(19)6-9(22-2)7-13(10)23-3/h4,6-8,19H,1,5H2,2-3H3,(H,17,20,24). The van der Waals surface area contributed by atoms with Crippen molar-refractivity contribution in [1.82, 2.24) is 10.2 Å². The molecule has 0 bridgehead atoms. The number of phenolic OH excluding ortho intramolecular Hbond substituents is 1. The number of ether oxygens (including phenoxy) is 2. The highest BCUT2D eigenvalue weighted by Crippen LogP contribution is 2.35. The van der Waals surface area contributed by atoms with Crippen LogP contribution in [-0.2, 0) is 9.59 Å². The lowest BCUT2D eigenvalue weighted by atomic mass is 10.1. The third-order valence-corrected chi connectivity index (χ3v) is 3.66. The minimum atomic E-state index is -0.650. The van der Waals surface area contributed by atoms with E-state index in [0.717, 1.165) is 0 Å². The average molecular weight is 348 g/mol. The molecule has 1 heterocycles. The zero-order valence-electron chi connectivity index (χ0n) is 13.2. The van der Waals surface area contributed by atoms with Crippen LogP contribution in [0.2, 0.25) is 0 Å². The van der Waals surface area contributed by atoms with Crippen LogP contribution in [0.1, 0.15) is 5.56 Å². The summed E-state index contributed by atoms with van der Waals surface area (Å²) in [5, 5.41) is 12.6. The number of hydrogen-bond donors (Lipinski definition) is 2. The maximum absolute atomic E-state index is 12.5. The lowest BCUT2D eigenvalue weighted by Crippen LogP contribution is -2.53. The van der Waals surface area contributed by atoms with Crippen molar-refractivity contribution in [3.8, 4) is 17.2 Å². The lowest BCUT2D eigenvalue weighted by Gasteiger charge is -2.27. The van der Waals surface area contributed by atoms with Gasteiger partial charge in [-0.3, -0.25) is 19.8 Å². The summed E-state index contributed by atoms with van der Waals surface area (Å²) in [5.74, 6) is -0.796. The van der Waals surface area contributed by atoms with Crippen LogP contribution >= 0.6 is 12.2 Å². The molecule has 1 aromatic carbocycles. The topological polar surface area (TPSA) is 88.1 Å². The van der Waals surface area contributed by atoms with Crippen LogP contribution in [-0.4, -0.2) is 47.7 Å². The van der Waals surface area contributed by atoms with Crippen molar-refractivity contribution in [2.24, 2.45) is 0 Å². The normalized spacial score (nSPS) is 16.2. The van der Waals surface area contributed by atoms with Crippen molar-refractivity contribution in [3.63, 3.8) is 0 Å². The van der Waals surface area contributed by atoms with E-state index in [2.05, 4.69) is 11.9 Å². The summed E-state index contributed by atoms with van der Waals surface area (Å²) in [6.07, 6.45) is 2.74. The highest BCUT2D eigenvalue weighted by molar-refractivity contribution is 7.80. The third kappa shape index (κ3) is 3.23. The Labute approximate surface area is 144 Å². The third-order valence-electron chi connectivity index (χ3n) is 3.34. The van der Waals surface area contributed by atoms with Gasteiger partial charge in [0.15, 0.2) is 5.11 Å².